The van der Waals surface area contributed by atoms with E-state index in [-0.39, 0.29) is 17.7 Å². The summed E-state index contributed by atoms with van der Waals surface area (Å²) < 4.78 is 0. The molecule has 1 aliphatic carbocycles. The van der Waals surface area contributed by atoms with Gasteiger partial charge in [-0.15, -0.1) is 0 Å². The van der Waals surface area contributed by atoms with E-state index in [0.29, 0.717) is 11.5 Å². The van der Waals surface area contributed by atoms with Gasteiger partial charge in [0.15, 0.2) is 0 Å². The molecule has 1 saturated carbocycles. The molecule has 0 atom stereocenters. The van der Waals surface area contributed by atoms with Crippen molar-refractivity contribution < 1.29 is 4.92 Å². The second-order valence-electron chi connectivity index (χ2n) is 5.79. The van der Waals surface area contributed by atoms with Crippen LogP contribution in [0, 0.1) is 23.0 Å². The third-order valence-corrected chi connectivity index (χ3v) is 4.52. The Hall–Kier alpha value is -1.92. The molecule has 7 nitrogen and oxygen atoms in total. The second-order valence-corrected chi connectivity index (χ2v) is 5.79. The molecule has 0 radical (unpaired) electrons. The molecule has 0 spiro atoms. The summed E-state index contributed by atoms with van der Waals surface area (Å²) in [7, 11) is 1.87. The van der Waals surface area contributed by atoms with Gasteiger partial charge in [0.25, 0.3) is 0 Å². The van der Waals surface area contributed by atoms with Crippen LogP contribution in [0.25, 0.3) is 0 Å². The average Bonchev–Trinajstić information content (AvgIpc) is 2.45. The molecule has 1 aromatic heterocycles. The minimum absolute atomic E-state index is 0.0377. The number of rotatable bonds is 4. The average molecular weight is 293 g/mol. The third-order valence-electron chi connectivity index (χ3n) is 4.52. The molecule has 0 aromatic carbocycles. The fourth-order valence-electron chi connectivity index (χ4n) is 3.15. The zero-order valence-corrected chi connectivity index (χ0v) is 12.9. The van der Waals surface area contributed by atoms with Gasteiger partial charge >= 0.3 is 5.69 Å². The summed E-state index contributed by atoms with van der Waals surface area (Å²) in [4.78, 5) is 20.8. The molecule has 0 aliphatic heterocycles. The maximum Gasteiger partial charge on any atom is 0.332 e. The first kappa shape index (κ1) is 15.5. The van der Waals surface area contributed by atoms with E-state index in [9.17, 15) is 10.1 Å². The van der Waals surface area contributed by atoms with Crippen molar-refractivity contribution >= 4 is 17.5 Å². The smallest absolute Gasteiger partial charge is 0.332 e. The van der Waals surface area contributed by atoms with Gasteiger partial charge in [-0.2, -0.15) is 4.98 Å². The van der Waals surface area contributed by atoms with Gasteiger partial charge in [-0.25, -0.2) is 4.98 Å². The van der Waals surface area contributed by atoms with Crippen molar-refractivity contribution in [1.82, 2.24) is 9.97 Å². The predicted molar refractivity (Wildman–Crippen MR) is 82.3 cm³/mol. The number of anilines is 2. The Morgan fingerprint density at radius 3 is 2.48 bits per heavy atom. The molecule has 2 rings (SSSR count). The van der Waals surface area contributed by atoms with E-state index in [0.717, 1.165) is 18.8 Å². The summed E-state index contributed by atoms with van der Waals surface area (Å²) in [6.45, 7) is 3.82. The highest BCUT2D eigenvalue weighted by Gasteiger charge is 2.30. The van der Waals surface area contributed by atoms with Crippen molar-refractivity contribution in [2.45, 2.75) is 52.0 Å². The molecular weight excluding hydrogens is 270 g/mol. The molecule has 1 aliphatic rings. The van der Waals surface area contributed by atoms with Gasteiger partial charge in [0.05, 0.1) is 4.92 Å². The fourth-order valence-corrected chi connectivity index (χ4v) is 3.15. The third kappa shape index (κ3) is 3.22. The Morgan fingerprint density at radius 2 is 1.95 bits per heavy atom. The number of hydrogen-bond acceptors (Lipinski definition) is 6. The predicted octanol–water partition coefficient (Wildman–Crippen LogP) is 2.68. The molecule has 1 aromatic rings. The molecule has 0 saturated heterocycles. The lowest BCUT2D eigenvalue weighted by molar-refractivity contribution is -0.385. The van der Waals surface area contributed by atoms with Crippen LogP contribution in [0.4, 0.5) is 17.5 Å². The minimum atomic E-state index is -0.418. The van der Waals surface area contributed by atoms with Crippen LogP contribution in [-0.4, -0.2) is 28.0 Å². The Labute approximate surface area is 124 Å². The monoisotopic (exact) mass is 293 g/mol. The number of aryl methyl sites for hydroxylation is 1. The number of nitro groups is 1. The highest BCUT2D eigenvalue weighted by atomic mass is 16.6. The lowest BCUT2D eigenvalue weighted by atomic mass is 9.84. The lowest BCUT2D eigenvalue weighted by Crippen LogP contribution is -2.36. The normalized spacial score (nSPS) is 22.0. The maximum atomic E-state index is 11.3. The van der Waals surface area contributed by atoms with Gasteiger partial charge in [0, 0.05) is 13.1 Å². The Bertz CT molecular complexity index is 526. The van der Waals surface area contributed by atoms with Gasteiger partial charge in [0.2, 0.25) is 11.8 Å². The Morgan fingerprint density at radius 1 is 1.33 bits per heavy atom. The molecular formula is C14H23N5O2. The van der Waals surface area contributed by atoms with Crippen molar-refractivity contribution in [3.05, 3.63) is 15.8 Å². The summed E-state index contributed by atoms with van der Waals surface area (Å²) in [5, 5.41) is 11.3. The summed E-state index contributed by atoms with van der Waals surface area (Å²) in [5.41, 5.74) is 5.95. The van der Waals surface area contributed by atoms with Gasteiger partial charge < -0.3 is 10.6 Å². The highest BCUT2D eigenvalue weighted by molar-refractivity contribution is 5.62. The van der Waals surface area contributed by atoms with E-state index in [1.807, 2.05) is 11.9 Å². The molecule has 0 bridgehead atoms. The van der Waals surface area contributed by atoms with Gasteiger partial charge in [0.1, 0.15) is 5.69 Å². The number of nitrogen functional groups attached to an aromatic ring is 1. The minimum Gasteiger partial charge on any atom is -0.368 e. The SMILES string of the molecule is CCC1CCC(N(C)c2nc(N)nc(C)c2[N+](=O)[O-])CC1. The van der Waals surface area contributed by atoms with Crippen molar-refractivity contribution in [2.24, 2.45) is 5.92 Å². The molecule has 7 heteroatoms. The molecule has 116 valence electrons. The van der Waals surface area contributed by atoms with Crippen LogP contribution in [0.1, 0.15) is 44.7 Å². The second kappa shape index (κ2) is 6.24. The van der Waals surface area contributed by atoms with Crippen molar-refractivity contribution in [1.29, 1.82) is 0 Å². The number of aromatic nitrogens is 2. The van der Waals surface area contributed by atoms with Gasteiger partial charge in [-0.05, 0) is 38.5 Å². The zero-order chi connectivity index (χ0) is 15.6. The summed E-state index contributed by atoms with van der Waals surface area (Å²) in [5.74, 6) is 1.20. The molecule has 0 unspecified atom stereocenters. The van der Waals surface area contributed by atoms with E-state index in [1.165, 1.54) is 19.3 Å². The van der Waals surface area contributed by atoms with Crippen molar-refractivity contribution in [2.75, 3.05) is 17.7 Å². The van der Waals surface area contributed by atoms with Gasteiger partial charge in [-0.3, -0.25) is 10.1 Å². The fraction of sp³-hybridized carbons (Fsp3) is 0.714. The first-order chi connectivity index (χ1) is 9.93. The maximum absolute atomic E-state index is 11.3. The molecule has 1 heterocycles. The van der Waals surface area contributed by atoms with E-state index >= 15 is 0 Å². The molecule has 0 amide bonds. The van der Waals surface area contributed by atoms with E-state index in [1.54, 1.807) is 6.92 Å². The first-order valence-corrected chi connectivity index (χ1v) is 7.45. The quantitative estimate of drug-likeness (QED) is 0.677. The van der Waals surface area contributed by atoms with E-state index < -0.39 is 4.92 Å². The van der Waals surface area contributed by atoms with Crippen LogP contribution in [-0.2, 0) is 0 Å². The Balaban J connectivity index is 2.27. The summed E-state index contributed by atoms with van der Waals surface area (Å²) >= 11 is 0. The molecule has 2 N–H and O–H groups in total. The number of hydrogen-bond donors (Lipinski definition) is 1. The standard InChI is InChI=1S/C14H23N5O2/c1-4-10-5-7-11(8-6-10)18(3)13-12(19(20)21)9(2)16-14(15)17-13/h10-11H,4-8H2,1-3H3,(H2,15,16,17). The lowest BCUT2D eigenvalue weighted by Gasteiger charge is -2.34. The van der Waals surface area contributed by atoms with Crippen LogP contribution in [0.2, 0.25) is 0 Å². The zero-order valence-electron chi connectivity index (χ0n) is 12.9. The number of nitrogens with two attached hydrogens (primary N) is 1. The van der Waals surface area contributed by atoms with Crippen LogP contribution >= 0.6 is 0 Å². The van der Waals surface area contributed by atoms with Crippen LogP contribution in [0.5, 0.6) is 0 Å². The van der Waals surface area contributed by atoms with Crippen molar-refractivity contribution in [3.63, 3.8) is 0 Å². The largest absolute Gasteiger partial charge is 0.368 e. The summed E-state index contributed by atoms with van der Waals surface area (Å²) in [6.07, 6.45) is 5.61. The Kier molecular flexibility index (Phi) is 4.59. The molecule has 1 fully saturated rings. The van der Waals surface area contributed by atoms with Crippen LogP contribution in [0.3, 0.4) is 0 Å². The van der Waals surface area contributed by atoms with E-state index in [2.05, 4.69) is 16.9 Å². The van der Waals surface area contributed by atoms with Crippen molar-refractivity contribution in [3.8, 4) is 0 Å². The highest BCUT2D eigenvalue weighted by Crippen LogP contribution is 2.35. The van der Waals surface area contributed by atoms with E-state index in [4.69, 9.17) is 5.73 Å². The molecule has 21 heavy (non-hydrogen) atoms. The topological polar surface area (TPSA) is 98.2 Å². The summed E-state index contributed by atoms with van der Waals surface area (Å²) in [6, 6.07) is 0.278. The first-order valence-electron chi connectivity index (χ1n) is 7.45. The van der Waals surface area contributed by atoms with Crippen LogP contribution < -0.4 is 10.6 Å². The van der Waals surface area contributed by atoms with Crippen LogP contribution in [0.15, 0.2) is 0 Å². The van der Waals surface area contributed by atoms with Gasteiger partial charge in [-0.1, -0.05) is 13.3 Å². The number of nitrogens with zero attached hydrogens (tertiary/aromatic N) is 4.